The maximum absolute atomic E-state index is 11.4. The van der Waals surface area contributed by atoms with E-state index in [1.165, 1.54) is 0 Å². The fourth-order valence-electron chi connectivity index (χ4n) is 1.14. The lowest BCUT2D eigenvalue weighted by Crippen LogP contribution is -2.40. The van der Waals surface area contributed by atoms with Crippen molar-refractivity contribution in [2.75, 3.05) is 13.1 Å². The molecule has 0 fully saturated rings. The first-order valence-corrected chi connectivity index (χ1v) is 5.46. The average Bonchev–Trinajstić information content (AvgIpc) is 2.66. The molecule has 0 aliphatic heterocycles. The Hall–Kier alpha value is -1.52. The molecule has 5 heteroatoms. The van der Waals surface area contributed by atoms with Gasteiger partial charge in [-0.15, -0.1) is 0 Å². The molecule has 0 aliphatic rings. The van der Waals surface area contributed by atoms with Gasteiger partial charge in [-0.2, -0.15) is 0 Å². The van der Waals surface area contributed by atoms with Crippen molar-refractivity contribution < 1.29 is 4.79 Å². The van der Waals surface area contributed by atoms with Crippen LogP contribution >= 0.6 is 0 Å². The highest BCUT2D eigenvalue weighted by Gasteiger charge is 2.11. The number of aromatic nitrogens is 2. The number of aromatic amines is 1. The minimum Gasteiger partial charge on any atom is -0.348 e. The highest BCUT2D eigenvalue weighted by Crippen LogP contribution is 2.09. The summed E-state index contributed by atoms with van der Waals surface area (Å²) in [5.41, 5.74) is 1.14. The van der Waals surface area contributed by atoms with Crippen LogP contribution in [0.1, 0.15) is 26.5 Å². The molecule has 0 unspecified atom stereocenters. The highest BCUT2D eigenvalue weighted by molar-refractivity contribution is 5.73. The van der Waals surface area contributed by atoms with Crippen LogP contribution in [0.15, 0.2) is 12.5 Å². The zero-order valence-corrected chi connectivity index (χ0v) is 10.1. The molecule has 0 spiro atoms. The van der Waals surface area contributed by atoms with Crippen LogP contribution < -0.4 is 10.6 Å². The smallest absolute Gasteiger partial charge is 0.314 e. The number of rotatable bonds is 4. The van der Waals surface area contributed by atoms with Crippen LogP contribution in [0, 0.1) is 5.41 Å². The molecular formula is C11H20N4O. The van der Waals surface area contributed by atoms with Gasteiger partial charge in [0.25, 0.3) is 0 Å². The SMILES string of the molecule is CC(C)(C)CNC(=O)NCCc1cnc[nH]1. The predicted octanol–water partition coefficient (Wildman–Crippen LogP) is 1.30. The summed E-state index contributed by atoms with van der Waals surface area (Å²) in [7, 11) is 0. The van der Waals surface area contributed by atoms with Gasteiger partial charge in [0.2, 0.25) is 0 Å². The van der Waals surface area contributed by atoms with Gasteiger partial charge in [0.1, 0.15) is 0 Å². The zero-order valence-electron chi connectivity index (χ0n) is 10.1. The number of urea groups is 1. The molecule has 0 bridgehead atoms. The minimum atomic E-state index is -0.116. The van der Waals surface area contributed by atoms with Crippen molar-refractivity contribution in [2.45, 2.75) is 27.2 Å². The number of imidazole rings is 1. The lowest BCUT2D eigenvalue weighted by molar-refractivity contribution is 0.235. The third kappa shape index (κ3) is 5.38. The first-order valence-electron chi connectivity index (χ1n) is 5.46. The third-order valence-electron chi connectivity index (χ3n) is 2.01. The molecular weight excluding hydrogens is 204 g/mol. The van der Waals surface area contributed by atoms with Crippen LogP contribution in [0.2, 0.25) is 0 Å². The van der Waals surface area contributed by atoms with E-state index in [9.17, 15) is 4.79 Å². The number of nitrogens with one attached hydrogen (secondary N) is 3. The summed E-state index contributed by atoms with van der Waals surface area (Å²) < 4.78 is 0. The van der Waals surface area contributed by atoms with E-state index in [0.29, 0.717) is 13.1 Å². The number of nitrogens with zero attached hydrogens (tertiary/aromatic N) is 1. The van der Waals surface area contributed by atoms with Crippen LogP contribution in [0.4, 0.5) is 4.79 Å². The van der Waals surface area contributed by atoms with E-state index in [4.69, 9.17) is 0 Å². The molecule has 5 nitrogen and oxygen atoms in total. The summed E-state index contributed by atoms with van der Waals surface area (Å²) in [6.07, 6.45) is 4.16. The molecule has 1 heterocycles. The van der Waals surface area contributed by atoms with Gasteiger partial charge in [0, 0.05) is 31.4 Å². The van der Waals surface area contributed by atoms with E-state index in [0.717, 1.165) is 12.1 Å². The number of hydrogen-bond donors (Lipinski definition) is 3. The Morgan fingerprint density at radius 2 is 2.19 bits per heavy atom. The Bertz CT molecular complexity index is 313. The van der Waals surface area contributed by atoms with E-state index >= 15 is 0 Å². The fraction of sp³-hybridized carbons (Fsp3) is 0.636. The van der Waals surface area contributed by atoms with Crippen LogP contribution in [-0.4, -0.2) is 29.1 Å². The van der Waals surface area contributed by atoms with E-state index in [-0.39, 0.29) is 11.4 Å². The van der Waals surface area contributed by atoms with Gasteiger partial charge >= 0.3 is 6.03 Å². The Kier molecular flexibility index (Phi) is 4.34. The maximum atomic E-state index is 11.4. The van der Waals surface area contributed by atoms with Crippen molar-refractivity contribution in [3.8, 4) is 0 Å². The number of hydrogen-bond acceptors (Lipinski definition) is 2. The summed E-state index contributed by atoms with van der Waals surface area (Å²) in [6.45, 7) is 7.52. The van der Waals surface area contributed by atoms with E-state index in [1.807, 2.05) is 0 Å². The summed E-state index contributed by atoms with van der Waals surface area (Å²) in [6, 6.07) is -0.116. The zero-order chi connectivity index (χ0) is 12.0. The van der Waals surface area contributed by atoms with Crippen molar-refractivity contribution in [3.63, 3.8) is 0 Å². The first kappa shape index (κ1) is 12.5. The summed E-state index contributed by atoms with van der Waals surface area (Å²) in [5, 5.41) is 5.62. The number of carbonyl (C=O) groups is 1. The largest absolute Gasteiger partial charge is 0.348 e. The average molecular weight is 224 g/mol. The number of amides is 2. The molecule has 0 atom stereocenters. The molecule has 1 aromatic heterocycles. The topological polar surface area (TPSA) is 69.8 Å². The Morgan fingerprint density at radius 3 is 2.75 bits per heavy atom. The molecule has 16 heavy (non-hydrogen) atoms. The first-order chi connectivity index (χ1) is 7.47. The van der Waals surface area contributed by atoms with Crippen LogP contribution in [0.3, 0.4) is 0 Å². The van der Waals surface area contributed by atoms with Gasteiger partial charge in [-0.05, 0) is 5.41 Å². The van der Waals surface area contributed by atoms with E-state index in [2.05, 4.69) is 41.4 Å². The minimum absolute atomic E-state index is 0.112. The summed E-state index contributed by atoms with van der Waals surface area (Å²) in [5.74, 6) is 0. The second kappa shape index (κ2) is 5.53. The molecule has 0 radical (unpaired) electrons. The Labute approximate surface area is 96.0 Å². The quantitative estimate of drug-likeness (QED) is 0.721. The molecule has 0 aromatic carbocycles. The van der Waals surface area contributed by atoms with Crippen molar-refractivity contribution in [2.24, 2.45) is 5.41 Å². The number of carbonyl (C=O) groups excluding carboxylic acids is 1. The van der Waals surface area contributed by atoms with Gasteiger partial charge in [-0.1, -0.05) is 20.8 Å². The fourth-order valence-corrected chi connectivity index (χ4v) is 1.14. The van der Waals surface area contributed by atoms with Crippen LogP contribution in [0.5, 0.6) is 0 Å². The van der Waals surface area contributed by atoms with Crippen LogP contribution in [-0.2, 0) is 6.42 Å². The van der Waals surface area contributed by atoms with Gasteiger partial charge in [0.05, 0.1) is 6.33 Å². The second-order valence-corrected chi connectivity index (χ2v) is 5.00. The third-order valence-corrected chi connectivity index (χ3v) is 2.01. The molecule has 2 amide bonds. The van der Waals surface area contributed by atoms with Crippen molar-refractivity contribution >= 4 is 6.03 Å². The highest BCUT2D eigenvalue weighted by atomic mass is 16.2. The normalized spacial score (nSPS) is 11.2. The van der Waals surface area contributed by atoms with Gasteiger partial charge in [-0.25, -0.2) is 9.78 Å². The van der Waals surface area contributed by atoms with Crippen molar-refractivity contribution in [1.82, 2.24) is 20.6 Å². The Morgan fingerprint density at radius 1 is 1.44 bits per heavy atom. The molecule has 1 rings (SSSR count). The molecule has 90 valence electrons. The second-order valence-electron chi connectivity index (χ2n) is 5.00. The predicted molar refractivity (Wildman–Crippen MR) is 63.1 cm³/mol. The van der Waals surface area contributed by atoms with E-state index in [1.54, 1.807) is 12.5 Å². The lowest BCUT2D eigenvalue weighted by atomic mass is 9.97. The van der Waals surface area contributed by atoms with Crippen molar-refractivity contribution in [3.05, 3.63) is 18.2 Å². The van der Waals surface area contributed by atoms with Gasteiger partial charge in [0.15, 0.2) is 0 Å². The Balaban J connectivity index is 2.11. The standard InChI is InChI=1S/C11H20N4O/c1-11(2,3)7-14-10(16)13-5-4-9-6-12-8-15-9/h6,8H,4-5,7H2,1-3H3,(H,12,15)(H2,13,14,16). The summed E-state index contributed by atoms with van der Waals surface area (Å²) in [4.78, 5) is 18.3. The van der Waals surface area contributed by atoms with E-state index < -0.39 is 0 Å². The van der Waals surface area contributed by atoms with Crippen molar-refractivity contribution in [1.29, 1.82) is 0 Å². The maximum Gasteiger partial charge on any atom is 0.314 e. The molecule has 0 aliphatic carbocycles. The van der Waals surface area contributed by atoms with Gasteiger partial charge in [-0.3, -0.25) is 0 Å². The molecule has 0 saturated heterocycles. The summed E-state index contributed by atoms with van der Waals surface area (Å²) >= 11 is 0. The number of H-pyrrole nitrogens is 1. The van der Waals surface area contributed by atoms with Gasteiger partial charge < -0.3 is 15.6 Å². The molecule has 1 aromatic rings. The molecule has 0 saturated carbocycles. The monoisotopic (exact) mass is 224 g/mol. The van der Waals surface area contributed by atoms with Crippen LogP contribution in [0.25, 0.3) is 0 Å². The lowest BCUT2D eigenvalue weighted by Gasteiger charge is -2.18. The molecule has 3 N–H and O–H groups in total.